The van der Waals surface area contributed by atoms with E-state index in [1.165, 1.54) is 116 Å². The summed E-state index contributed by atoms with van der Waals surface area (Å²) in [5.41, 5.74) is 0. The molecular weight excluding hydrogens is 791 g/mol. The van der Waals surface area contributed by atoms with Gasteiger partial charge in [0.1, 0.15) is 13.2 Å². The van der Waals surface area contributed by atoms with Crippen LogP contribution in [0.25, 0.3) is 0 Å². The summed E-state index contributed by atoms with van der Waals surface area (Å²) in [5, 5.41) is 9.66. The molecule has 0 saturated heterocycles. The lowest BCUT2D eigenvalue weighted by Gasteiger charge is -2.25. The number of aliphatic carboxylic acids is 1. The molecule has 0 saturated carbocycles. The van der Waals surface area contributed by atoms with Crippen LogP contribution in [0.5, 0.6) is 0 Å². The molecule has 2 unspecified atom stereocenters. The normalized spacial score (nSPS) is 13.2. The van der Waals surface area contributed by atoms with Crippen molar-refractivity contribution < 1.29 is 42.9 Å². The van der Waals surface area contributed by atoms with E-state index in [1.807, 2.05) is 21.1 Å². The summed E-state index contributed by atoms with van der Waals surface area (Å²) >= 11 is 0. The minimum absolute atomic E-state index is 0.185. The first-order valence-electron chi connectivity index (χ1n) is 25.8. The number of carbonyl (C=O) groups excluding carboxylic acids is 2. The summed E-state index contributed by atoms with van der Waals surface area (Å²) in [4.78, 5) is 37.2. The van der Waals surface area contributed by atoms with Crippen LogP contribution in [0.1, 0.15) is 219 Å². The van der Waals surface area contributed by atoms with E-state index in [2.05, 4.69) is 62.5 Å². The Balaban J connectivity index is 4.30. The predicted molar refractivity (Wildman–Crippen MR) is 263 cm³/mol. The number of unbranched alkanes of at least 4 members (excludes halogenated alkanes) is 24. The van der Waals surface area contributed by atoms with E-state index in [9.17, 15) is 19.5 Å². The monoisotopic (exact) mass is 889 g/mol. The predicted octanol–water partition coefficient (Wildman–Crippen LogP) is 14.3. The van der Waals surface area contributed by atoms with Crippen LogP contribution in [0, 0.1) is 0 Å². The Kier molecular flexibility index (Phi) is 43.8. The average molecular weight is 889 g/mol. The van der Waals surface area contributed by atoms with Gasteiger partial charge in [-0.3, -0.25) is 9.59 Å². The summed E-state index contributed by atoms with van der Waals surface area (Å²) in [6.07, 6.45) is 51.7. The quantitative estimate of drug-likeness (QED) is 0.0212. The molecule has 0 heterocycles. The third-order valence-corrected chi connectivity index (χ3v) is 11.1. The maximum absolute atomic E-state index is 12.8. The second-order valence-electron chi connectivity index (χ2n) is 18.5. The van der Waals surface area contributed by atoms with Gasteiger partial charge in [-0.25, -0.2) is 4.79 Å². The van der Waals surface area contributed by atoms with Crippen molar-refractivity contribution in [3.63, 3.8) is 0 Å². The maximum Gasteiger partial charge on any atom is 0.361 e. The largest absolute Gasteiger partial charge is 0.477 e. The lowest BCUT2D eigenvalue weighted by molar-refractivity contribution is -0.870. The summed E-state index contributed by atoms with van der Waals surface area (Å²) in [6.45, 7) is 4.84. The van der Waals surface area contributed by atoms with E-state index in [1.54, 1.807) is 0 Å². The van der Waals surface area contributed by atoms with Gasteiger partial charge >= 0.3 is 17.9 Å². The highest BCUT2D eigenvalue weighted by molar-refractivity contribution is 5.71. The SMILES string of the molecule is CCCCCC/C=C\CCCCCCCC(=O)OCC(COC(OCC[N+](C)(C)C)C(=O)O)OC(=O)CCCCCCCCCCCC/C=C\C/C=C\C/C=C\CCCCCCC. The number of allylic oxidation sites excluding steroid dienone is 8. The fraction of sp³-hybridized carbons (Fsp3) is 0.796. The number of carboxylic acid groups (broad SMARTS) is 1. The summed E-state index contributed by atoms with van der Waals surface area (Å²) in [6, 6.07) is 0. The van der Waals surface area contributed by atoms with Crippen molar-refractivity contribution in [1.82, 2.24) is 0 Å². The van der Waals surface area contributed by atoms with Gasteiger partial charge in [0.2, 0.25) is 0 Å². The van der Waals surface area contributed by atoms with Gasteiger partial charge in [0.25, 0.3) is 6.29 Å². The van der Waals surface area contributed by atoms with Gasteiger partial charge in [0.15, 0.2) is 6.10 Å². The Bertz CT molecular complexity index is 1170. The van der Waals surface area contributed by atoms with Crippen molar-refractivity contribution in [3.8, 4) is 0 Å². The molecule has 0 aromatic carbocycles. The van der Waals surface area contributed by atoms with Gasteiger partial charge in [-0.05, 0) is 77.0 Å². The number of quaternary nitrogens is 1. The number of hydrogen-bond donors (Lipinski definition) is 1. The Morgan fingerprint density at radius 2 is 0.857 bits per heavy atom. The van der Waals surface area contributed by atoms with Gasteiger partial charge in [0.05, 0.1) is 34.4 Å². The number of likely N-dealkylation sites (N-methyl/N-ethyl adjacent to an activating group) is 1. The smallest absolute Gasteiger partial charge is 0.361 e. The van der Waals surface area contributed by atoms with Crippen LogP contribution in [0.2, 0.25) is 0 Å². The molecule has 0 aromatic heterocycles. The molecule has 366 valence electrons. The van der Waals surface area contributed by atoms with Gasteiger partial charge in [0, 0.05) is 12.8 Å². The number of carbonyl (C=O) groups is 3. The standard InChI is InChI=1S/C54H97NO8/c1-6-8-10-12-14-16-18-20-21-22-23-24-25-26-27-28-29-30-31-33-35-37-39-41-43-45-52(57)63-50(49-62-54(53(58)59)60-47-46-55(3,4)5)48-61-51(56)44-42-40-38-36-34-32-19-17-15-13-11-9-7-2/h17-20,22-23,25-26,50,54H,6-16,21,24,27-49H2,1-5H3/p+1/b19-17-,20-18-,23-22-,26-25-. The minimum atomic E-state index is -1.51. The molecule has 0 aliphatic heterocycles. The first kappa shape index (κ1) is 60.2. The second-order valence-corrected chi connectivity index (χ2v) is 18.5. The molecule has 0 aliphatic rings. The highest BCUT2D eigenvalue weighted by Gasteiger charge is 2.25. The molecule has 0 fully saturated rings. The topological polar surface area (TPSA) is 108 Å². The second kappa shape index (κ2) is 45.8. The molecule has 9 heteroatoms. The molecule has 0 amide bonds. The van der Waals surface area contributed by atoms with Crippen LogP contribution in [-0.2, 0) is 33.3 Å². The van der Waals surface area contributed by atoms with Crippen molar-refractivity contribution >= 4 is 17.9 Å². The number of nitrogens with zero attached hydrogens (tertiary/aromatic N) is 1. The van der Waals surface area contributed by atoms with E-state index in [0.717, 1.165) is 70.6 Å². The zero-order valence-corrected chi connectivity index (χ0v) is 41.5. The van der Waals surface area contributed by atoms with Crippen LogP contribution < -0.4 is 0 Å². The Labute approximate surface area is 387 Å². The van der Waals surface area contributed by atoms with Crippen molar-refractivity contribution in [3.05, 3.63) is 48.6 Å². The van der Waals surface area contributed by atoms with E-state index >= 15 is 0 Å². The van der Waals surface area contributed by atoms with Gasteiger partial charge in [-0.2, -0.15) is 0 Å². The van der Waals surface area contributed by atoms with Gasteiger partial charge < -0.3 is 28.5 Å². The zero-order chi connectivity index (χ0) is 46.3. The van der Waals surface area contributed by atoms with E-state index in [0.29, 0.717) is 23.9 Å². The molecule has 9 nitrogen and oxygen atoms in total. The number of ether oxygens (including phenoxy) is 4. The molecule has 0 rings (SSSR count). The third kappa shape index (κ3) is 47.0. The van der Waals surface area contributed by atoms with Crippen LogP contribution in [0.15, 0.2) is 48.6 Å². The Morgan fingerprint density at radius 1 is 0.476 bits per heavy atom. The number of rotatable bonds is 47. The minimum Gasteiger partial charge on any atom is -0.477 e. The van der Waals surface area contributed by atoms with E-state index < -0.39 is 24.3 Å². The molecule has 0 bridgehead atoms. The molecule has 2 atom stereocenters. The summed E-state index contributed by atoms with van der Waals surface area (Å²) < 4.78 is 22.8. The van der Waals surface area contributed by atoms with Crippen molar-refractivity contribution in [2.75, 3.05) is 47.5 Å². The number of carboxylic acids is 1. The zero-order valence-electron chi connectivity index (χ0n) is 41.5. The van der Waals surface area contributed by atoms with Crippen LogP contribution in [0.3, 0.4) is 0 Å². The van der Waals surface area contributed by atoms with E-state index in [-0.39, 0.29) is 32.2 Å². The highest BCUT2D eigenvalue weighted by Crippen LogP contribution is 2.15. The van der Waals surface area contributed by atoms with Crippen LogP contribution >= 0.6 is 0 Å². The lowest BCUT2D eigenvalue weighted by Crippen LogP contribution is -2.40. The molecule has 0 aromatic rings. The summed E-state index contributed by atoms with van der Waals surface area (Å²) in [5.74, 6) is -2.02. The third-order valence-electron chi connectivity index (χ3n) is 11.1. The van der Waals surface area contributed by atoms with Gasteiger partial charge in [-0.1, -0.05) is 178 Å². The highest BCUT2D eigenvalue weighted by atomic mass is 16.7. The molecule has 63 heavy (non-hydrogen) atoms. The molecular formula is C54H98NO8+. The first-order chi connectivity index (χ1) is 30.6. The fourth-order valence-corrected chi connectivity index (χ4v) is 7.01. The summed E-state index contributed by atoms with van der Waals surface area (Å²) in [7, 11) is 5.96. The molecule has 0 aliphatic carbocycles. The molecule has 0 radical (unpaired) electrons. The average Bonchev–Trinajstić information content (AvgIpc) is 3.24. The number of esters is 2. The van der Waals surface area contributed by atoms with Crippen molar-refractivity contribution in [2.45, 2.75) is 232 Å². The lowest BCUT2D eigenvalue weighted by atomic mass is 10.0. The van der Waals surface area contributed by atoms with Gasteiger partial charge in [-0.15, -0.1) is 0 Å². The fourth-order valence-electron chi connectivity index (χ4n) is 7.01. The maximum atomic E-state index is 12.8. The van der Waals surface area contributed by atoms with Crippen LogP contribution in [0.4, 0.5) is 0 Å². The van der Waals surface area contributed by atoms with Crippen molar-refractivity contribution in [1.29, 1.82) is 0 Å². The number of hydrogen-bond acceptors (Lipinski definition) is 7. The van der Waals surface area contributed by atoms with E-state index in [4.69, 9.17) is 18.9 Å². The van der Waals surface area contributed by atoms with Crippen LogP contribution in [-0.4, -0.2) is 87.4 Å². The molecule has 1 N–H and O–H groups in total. The molecule has 0 spiro atoms. The first-order valence-corrected chi connectivity index (χ1v) is 25.8. The Hall–Kier alpha value is -2.75. The van der Waals surface area contributed by atoms with Crippen molar-refractivity contribution in [2.24, 2.45) is 0 Å². The Morgan fingerprint density at radius 3 is 1.30 bits per heavy atom.